The highest BCUT2D eigenvalue weighted by Gasteiger charge is 2.51. The molecule has 0 bridgehead atoms. The number of cyclic esters (lactones) is 1. The molecular formula is C82H106N12O23. The number of pyridine rings is 2. The number of carbonyl (C=O) groups excluding carboxylic acids is 9. The first-order valence-electron chi connectivity index (χ1n) is 39.8. The van der Waals surface area contributed by atoms with Crippen molar-refractivity contribution in [2.24, 2.45) is 17.6 Å². The number of aromatic hydroxyl groups is 1. The Bertz CT molecular complexity index is 4380. The van der Waals surface area contributed by atoms with Crippen molar-refractivity contribution in [3.63, 3.8) is 0 Å². The predicted molar refractivity (Wildman–Crippen MR) is 420 cm³/mol. The standard InChI is InChI=1S/C82H106N12O23/c1-3-62-63-45-61(95)21-22-67(63)88-75-64(62)50-93-70(75)46-66-65(79(93)103)52-115-80(104)82(66,4-2)117-81(105)116-51-57-15-19-59(20-16-57)86-77(101)68(12-8-9-25-83)89-78(102)69(44-55-10-6-5-7-11-55)87-72(97)54-114-53-71(96)84-26-28-106-30-32-108-34-36-110-38-40-112-42-43-113-41-39-111-37-35-109-33-31-107-29-27-92-49-60(90-91-92)47-85-76(100)58-17-13-56(14-18-58)48-94-73(98)23-24-74(94)99/h5-7,10-11,15-16,19-24,45-46,49,56,58,68-69,95H,3-4,8-9,12-14,17-18,25-44,47-48,50-54,83H2,1-2H3,(H,84,96)(H,85,100)(H,86,101)(H,87,97)(H,89,102)/t56?,58?,68-,69-,82-/m1/s1. The maximum atomic E-state index is 14.2. The van der Waals surface area contributed by atoms with Gasteiger partial charge in [0.15, 0.2) is 0 Å². The van der Waals surface area contributed by atoms with Gasteiger partial charge in [-0.3, -0.25) is 43.3 Å². The van der Waals surface area contributed by atoms with Crippen molar-refractivity contribution in [3.8, 4) is 17.1 Å². The molecule has 3 aromatic heterocycles. The summed E-state index contributed by atoms with van der Waals surface area (Å²) < 4.78 is 70.1. The Morgan fingerprint density at radius 1 is 0.667 bits per heavy atom. The predicted octanol–water partition coefficient (Wildman–Crippen LogP) is 3.89. The average Bonchev–Trinajstić information content (AvgIpc) is 1.59. The van der Waals surface area contributed by atoms with E-state index in [4.69, 9.17) is 67.6 Å². The van der Waals surface area contributed by atoms with Gasteiger partial charge in [0.25, 0.3) is 17.4 Å². The van der Waals surface area contributed by atoms with Crippen LogP contribution in [0.25, 0.3) is 22.3 Å². The van der Waals surface area contributed by atoms with Crippen molar-refractivity contribution >= 4 is 70.1 Å². The minimum absolute atomic E-state index is 0.0305. The maximum absolute atomic E-state index is 14.2. The number of unbranched alkanes of at least 4 members (excludes halogenated alkanes) is 1. The number of nitrogens with zero attached hydrogens (tertiary/aromatic N) is 6. The Labute approximate surface area is 676 Å². The normalized spacial score (nSPS) is 16.6. The molecule has 3 atom stereocenters. The second kappa shape index (κ2) is 46.5. The van der Waals surface area contributed by atoms with Crippen LogP contribution in [0.15, 0.2) is 102 Å². The SMILES string of the molecule is CCc1c2c(nc3ccc(O)cc13)-c1cc3c(c(=O)n1C2)COC(=O)[C@]3(CC)OC(=O)OCc1ccc(NC(=O)[C@@H](CCCCN)NC(=O)[C@@H](Cc2ccccc2)NC(=O)COCC(=O)NCCOCCOCCOCCOCCOCCOCCOCCOCCn2cc(CNC(=O)C3CCC(CN4C(=O)C=CC4=O)CC3)nn2)cc1. The van der Waals surface area contributed by atoms with Crippen LogP contribution in [-0.2, 0) is 146 Å². The number of amides is 7. The lowest BCUT2D eigenvalue weighted by Crippen LogP contribution is -2.54. The number of esters is 1. The smallest absolute Gasteiger partial charge is 0.508 e. The Morgan fingerprint density at radius 2 is 1.30 bits per heavy atom. The summed E-state index contributed by atoms with van der Waals surface area (Å²) in [5.74, 6) is -3.65. The quantitative estimate of drug-likeness (QED) is 0.0161. The molecule has 0 unspecified atom stereocenters. The molecule has 6 heterocycles. The molecule has 7 amide bonds. The van der Waals surface area contributed by atoms with E-state index in [2.05, 4.69) is 36.9 Å². The summed E-state index contributed by atoms with van der Waals surface area (Å²) in [6.45, 7) is 9.79. The molecule has 1 fully saturated rings. The van der Waals surface area contributed by atoms with Crippen LogP contribution in [0.4, 0.5) is 10.5 Å². The van der Waals surface area contributed by atoms with Crippen LogP contribution >= 0.6 is 0 Å². The molecule has 8 N–H and O–H groups in total. The number of carbonyl (C=O) groups is 9. The number of hydrogen-bond acceptors (Lipinski definition) is 27. The highest BCUT2D eigenvalue weighted by Crippen LogP contribution is 2.43. The molecule has 3 aliphatic heterocycles. The molecule has 35 nitrogen and oxygen atoms in total. The van der Waals surface area contributed by atoms with Crippen molar-refractivity contribution in [1.29, 1.82) is 0 Å². The van der Waals surface area contributed by atoms with Gasteiger partial charge >= 0.3 is 12.1 Å². The first-order chi connectivity index (χ1) is 56.9. The number of aromatic nitrogens is 5. The van der Waals surface area contributed by atoms with Crippen molar-refractivity contribution in [2.75, 3.05) is 144 Å². The van der Waals surface area contributed by atoms with Gasteiger partial charge in [0.1, 0.15) is 50.0 Å². The van der Waals surface area contributed by atoms with Gasteiger partial charge in [0.2, 0.25) is 35.1 Å². The fourth-order valence-corrected chi connectivity index (χ4v) is 13.9. The van der Waals surface area contributed by atoms with Gasteiger partial charge in [0.05, 0.1) is 154 Å². The van der Waals surface area contributed by atoms with E-state index in [9.17, 15) is 53.1 Å². The van der Waals surface area contributed by atoms with Crippen molar-refractivity contribution in [2.45, 2.75) is 129 Å². The molecule has 0 spiro atoms. The zero-order valence-corrected chi connectivity index (χ0v) is 66.2. The molecule has 117 heavy (non-hydrogen) atoms. The number of phenols is 1. The van der Waals surface area contributed by atoms with Crippen LogP contribution in [0.2, 0.25) is 0 Å². The summed E-state index contributed by atoms with van der Waals surface area (Å²) in [5.41, 5.74) is 9.19. The van der Waals surface area contributed by atoms with Gasteiger partial charge in [-0.15, -0.1) is 5.10 Å². The Balaban J connectivity index is 0.522. The average molecular weight is 1630 g/mol. The number of ether oxygens (including phenoxy) is 12. The highest BCUT2D eigenvalue weighted by molar-refractivity contribution is 6.13. The Morgan fingerprint density at radius 3 is 1.93 bits per heavy atom. The minimum Gasteiger partial charge on any atom is -0.508 e. The number of phenolic OH excluding ortho intramolecular Hbond substituents is 1. The van der Waals surface area contributed by atoms with Crippen molar-refractivity contribution in [1.82, 2.24) is 50.7 Å². The zero-order chi connectivity index (χ0) is 82.7. The third-order valence-electron chi connectivity index (χ3n) is 20.2. The van der Waals surface area contributed by atoms with Crippen molar-refractivity contribution in [3.05, 3.63) is 147 Å². The fourth-order valence-electron chi connectivity index (χ4n) is 13.9. The van der Waals surface area contributed by atoms with E-state index in [1.807, 2.05) is 13.0 Å². The summed E-state index contributed by atoms with van der Waals surface area (Å²) in [6, 6.07) is 19.6. The lowest BCUT2D eigenvalue weighted by molar-refractivity contribution is -0.175. The Kier molecular flexibility index (Phi) is 35.3. The van der Waals surface area contributed by atoms with Crippen LogP contribution in [0.1, 0.15) is 104 Å². The topological polar surface area (TPSA) is 440 Å². The van der Waals surface area contributed by atoms with Crippen LogP contribution in [0.3, 0.4) is 0 Å². The van der Waals surface area contributed by atoms with Gasteiger partial charge in [-0.1, -0.05) is 61.5 Å². The van der Waals surface area contributed by atoms with E-state index in [-0.39, 0.29) is 112 Å². The third-order valence-corrected chi connectivity index (χ3v) is 20.2. The van der Waals surface area contributed by atoms with Crippen LogP contribution in [-0.4, -0.2) is 239 Å². The molecule has 35 heteroatoms. The van der Waals surface area contributed by atoms with E-state index in [0.717, 1.165) is 34.9 Å². The third kappa shape index (κ3) is 26.5. The van der Waals surface area contributed by atoms with Gasteiger partial charge < -0.3 is 98.8 Å². The van der Waals surface area contributed by atoms with E-state index < -0.39 is 72.2 Å². The summed E-state index contributed by atoms with van der Waals surface area (Å²) >= 11 is 0. The number of imide groups is 1. The molecular weight excluding hydrogens is 1520 g/mol. The number of hydrogen-bond donors (Lipinski definition) is 7. The number of nitrogens with one attached hydrogen (secondary N) is 5. The molecule has 6 aromatic rings. The number of fused-ring (bicyclic) bond motifs is 5. The Hall–Kier alpha value is -10.5. The molecule has 632 valence electrons. The molecule has 0 radical (unpaired) electrons. The number of aryl methyl sites for hydroxylation is 1. The van der Waals surface area contributed by atoms with E-state index >= 15 is 0 Å². The van der Waals surface area contributed by atoms with E-state index in [1.165, 1.54) is 23.1 Å². The number of anilines is 1. The maximum Gasteiger partial charge on any atom is 0.510 e. The number of nitrogens with two attached hydrogens (primary N) is 1. The molecule has 1 aliphatic carbocycles. The van der Waals surface area contributed by atoms with E-state index in [0.29, 0.717) is 178 Å². The largest absolute Gasteiger partial charge is 0.510 e. The lowest BCUT2D eigenvalue weighted by atomic mass is 9.81. The summed E-state index contributed by atoms with van der Waals surface area (Å²) in [6.07, 6.45) is 7.93. The fraction of sp³-hybridized carbons (Fsp3) is 0.524. The first-order valence-corrected chi connectivity index (χ1v) is 39.8. The number of rotatable bonds is 52. The molecule has 10 rings (SSSR count). The van der Waals surface area contributed by atoms with Gasteiger partial charge in [0, 0.05) is 59.8 Å². The molecule has 0 saturated heterocycles. The highest BCUT2D eigenvalue weighted by atomic mass is 16.7. The van der Waals surface area contributed by atoms with Crippen LogP contribution in [0.5, 0.6) is 5.75 Å². The first kappa shape index (κ1) is 88.9. The second-order valence-corrected chi connectivity index (χ2v) is 28.3. The molecule has 4 aliphatic rings. The lowest BCUT2D eigenvalue weighted by Gasteiger charge is -2.35. The van der Waals surface area contributed by atoms with Gasteiger partial charge in [-0.2, -0.15) is 0 Å². The molecule has 3 aromatic carbocycles. The monoisotopic (exact) mass is 1630 g/mol. The number of benzene rings is 3. The van der Waals surface area contributed by atoms with Crippen LogP contribution < -0.4 is 37.9 Å². The summed E-state index contributed by atoms with van der Waals surface area (Å²) in [5, 5.41) is 33.3. The van der Waals surface area contributed by atoms with Gasteiger partial charge in [-0.05, 0) is 123 Å². The zero-order valence-electron chi connectivity index (χ0n) is 66.2. The van der Waals surface area contributed by atoms with E-state index in [1.54, 1.807) is 89.1 Å². The minimum atomic E-state index is -2.03. The van der Waals surface area contributed by atoms with Crippen molar-refractivity contribution < 1.29 is 105 Å². The molecule has 1 saturated carbocycles. The van der Waals surface area contributed by atoms with Crippen LogP contribution in [0, 0.1) is 11.8 Å². The summed E-state index contributed by atoms with van der Waals surface area (Å²) in [4.78, 5) is 138. The van der Waals surface area contributed by atoms with Gasteiger partial charge in [-0.25, -0.2) is 19.3 Å². The summed E-state index contributed by atoms with van der Waals surface area (Å²) in [7, 11) is 0. The second-order valence-electron chi connectivity index (χ2n) is 28.3.